The number of ether oxygens (including phenoxy) is 1. The molecule has 0 aromatic heterocycles. The van der Waals surface area contributed by atoms with E-state index in [9.17, 15) is 9.59 Å². The van der Waals surface area contributed by atoms with Crippen molar-refractivity contribution in [1.29, 1.82) is 0 Å². The standard InChI is InChI=1S/C16H28N4O3/c1-23-16(22)20-10-6-13(7-11-20)18-15(21)17-12-4-8-19(9-5-12)14-2-3-14/h12-14H,2-11H2,1H3,(H2,17,18,21). The predicted octanol–water partition coefficient (Wildman–Crippen LogP) is 1.14. The minimum absolute atomic E-state index is 0.0635. The minimum atomic E-state index is -0.282. The van der Waals surface area contributed by atoms with E-state index in [-0.39, 0.29) is 18.2 Å². The van der Waals surface area contributed by atoms with Crippen LogP contribution in [0.1, 0.15) is 38.5 Å². The van der Waals surface area contributed by atoms with Crippen molar-refractivity contribution in [2.24, 2.45) is 0 Å². The Balaban J connectivity index is 1.33. The molecule has 0 atom stereocenters. The van der Waals surface area contributed by atoms with Crippen molar-refractivity contribution in [3.63, 3.8) is 0 Å². The molecule has 7 nitrogen and oxygen atoms in total. The number of piperidine rings is 2. The Hall–Kier alpha value is -1.50. The SMILES string of the molecule is COC(=O)N1CCC(NC(=O)NC2CCN(C3CC3)CC2)CC1. The first-order chi connectivity index (χ1) is 11.2. The first-order valence-corrected chi connectivity index (χ1v) is 8.79. The third-order valence-electron chi connectivity index (χ3n) is 5.19. The van der Waals surface area contributed by atoms with Crippen molar-refractivity contribution in [3.8, 4) is 0 Å². The van der Waals surface area contributed by atoms with Crippen molar-refractivity contribution in [1.82, 2.24) is 20.4 Å². The second kappa shape index (κ2) is 7.38. The third-order valence-corrected chi connectivity index (χ3v) is 5.19. The quantitative estimate of drug-likeness (QED) is 0.816. The molecule has 23 heavy (non-hydrogen) atoms. The lowest BCUT2D eigenvalue weighted by Gasteiger charge is -2.34. The number of likely N-dealkylation sites (tertiary alicyclic amines) is 2. The summed E-state index contributed by atoms with van der Waals surface area (Å²) in [5.41, 5.74) is 0. The molecular weight excluding hydrogens is 296 g/mol. The van der Waals surface area contributed by atoms with E-state index in [1.807, 2.05) is 0 Å². The Morgan fingerprint density at radius 1 is 0.870 bits per heavy atom. The summed E-state index contributed by atoms with van der Waals surface area (Å²) in [6.07, 6.45) is 6.07. The zero-order chi connectivity index (χ0) is 16.2. The molecule has 0 aromatic carbocycles. The van der Waals surface area contributed by atoms with Gasteiger partial charge in [0.1, 0.15) is 0 Å². The molecule has 0 radical (unpaired) electrons. The number of methoxy groups -OCH3 is 1. The third kappa shape index (κ3) is 4.50. The van der Waals surface area contributed by atoms with Crippen LogP contribution in [-0.2, 0) is 4.74 Å². The zero-order valence-electron chi connectivity index (χ0n) is 13.9. The number of rotatable bonds is 3. The lowest BCUT2D eigenvalue weighted by atomic mass is 10.0. The van der Waals surface area contributed by atoms with Crippen molar-refractivity contribution >= 4 is 12.1 Å². The van der Waals surface area contributed by atoms with Gasteiger partial charge in [-0.05, 0) is 38.5 Å². The van der Waals surface area contributed by atoms with E-state index in [0.717, 1.165) is 44.8 Å². The van der Waals surface area contributed by atoms with Crippen molar-refractivity contribution in [2.45, 2.75) is 56.7 Å². The fourth-order valence-electron chi connectivity index (χ4n) is 3.60. The van der Waals surface area contributed by atoms with E-state index in [4.69, 9.17) is 4.74 Å². The first kappa shape index (κ1) is 16.4. The molecule has 0 aromatic rings. The van der Waals surface area contributed by atoms with E-state index >= 15 is 0 Å². The average Bonchev–Trinajstić information content (AvgIpc) is 3.40. The smallest absolute Gasteiger partial charge is 0.409 e. The summed E-state index contributed by atoms with van der Waals surface area (Å²) in [4.78, 5) is 27.8. The number of hydrogen-bond donors (Lipinski definition) is 2. The summed E-state index contributed by atoms with van der Waals surface area (Å²) >= 11 is 0. The van der Waals surface area contributed by atoms with Gasteiger partial charge in [-0.3, -0.25) is 0 Å². The lowest BCUT2D eigenvalue weighted by Crippen LogP contribution is -2.52. The van der Waals surface area contributed by atoms with Gasteiger partial charge in [-0.25, -0.2) is 9.59 Å². The van der Waals surface area contributed by atoms with E-state index < -0.39 is 0 Å². The summed E-state index contributed by atoms with van der Waals surface area (Å²) in [6.45, 7) is 3.48. The van der Waals surface area contributed by atoms with Gasteiger partial charge < -0.3 is 25.2 Å². The monoisotopic (exact) mass is 324 g/mol. The van der Waals surface area contributed by atoms with Gasteiger partial charge in [0.05, 0.1) is 7.11 Å². The molecule has 2 heterocycles. The van der Waals surface area contributed by atoms with E-state index in [2.05, 4.69) is 15.5 Å². The molecule has 7 heteroatoms. The number of hydrogen-bond acceptors (Lipinski definition) is 4. The van der Waals surface area contributed by atoms with Gasteiger partial charge >= 0.3 is 12.1 Å². The van der Waals surface area contributed by atoms with Crippen LogP contribution in [0.2, 0.25) is 0 Å². The lowest BCUT2D eigenvalue weighted by molar-refractivity contribution is 0.110. The van der Waals surface area contributed by atoms with Crippen LogP contribution in [0.5, 0.6) is 0 Å². The number of urea groups is 1. The molecule has 0 unspecified atom stereocenters. The Bertz CT molecular complexity index is 425. The molecule has 3 fully saturated rings. The molecule has 0 bridgehead atoms. The highest BCUT2D eigenvalue weighted by molar-refractivity contribution is 5.74. The fourth-order valence-corrected chi connectivity index (χ4v) is 3.60. The molecule has 0 spiro atoms. The summed E-state index contributed by atoms with van der Waals surface area (Å²) in [6, 6.07) is 1.19. The number of amides is 3. The van der Waals surface area contributed by atoms with Crippen molar-refractivity contribution < 1.29 is 14.3 Å². The maximum absolute atomic E-state index is 12.1. The summed E-state index contributed by atoms with van der Waals surface area (Å²) in [5, 5.41) is 6.16. The molecule has 2 saturated heterocycles. The molecule has 130 valence electrons. The fraction of sp³-hybridized carbons (Fsp3) is 0.875. The number of nitrogens with zero attached hydrogens (tertiary/aromatic N) is 2. The van der Waals surface area contributed by atoms with E-state index in [1.54, 1.807) is 4.90 Å². The van der Waals surface area contributed by atoms with Crippen molar-refractivity contribution in [2.75, 3.05) is 33.3 Å². The second-order valence-corrected chi connectivity index (χ2v) is 6.89. The number of nitrogens with one attached hydrogen (secondary N) is 2. The molecular formula is C16H28N4O3. The predicted molar refractivity (Wildman–Crippen MR) is 86.3 cm³/mol. The van der Waals surface area contributed by atoms with Crippen molar-refractivity contribution in [3.05, 3.63) is 0 Å². The zero-order valence-corrected chi connectivity index (χ0v) is 13.9. The van der Waals surface area contributed by atoms with Crippen LogP contribution in [0.25, 0.3) is 0 Å². The van der Waals surface area contributed by atoms with Gasteiger partial charge in [0, 0.05) is 44.3 Å². The molecule has 2 N–H and O–H groups in total. The highest BCUT2D eigenvalue weighted by Crippen LogP contribution is 2.29. The maximum atomic E-state index is 12.1. The number of carbonyl (C=O) groups is 2. The highest BCUT2D eigenvalue weighted by atomic mass is 16.5. The molecule has 3 aliphatic rings. The Morgan fingerprint density at radius 3 is 1.87 bits per heavy atom. The van der Waals surface area contributed by atoms with Crippen LogP contribution in [0.15, 0.2) is 0 Å². The Morgan fingerprint density at radius 2 is 1.39 bits per heavy atom. The molecule has 2 aliphatic heterocycles. The van der Waals surface area contributed by atoms with Crippen LogP contribution in [0.3, 0.4) is 0 Å². The maximum Gasteiger partial charge on any atom is 0.409 e. The van der Waals surface area contributed by atoms with Crippen LogP contribution in [-0.4, -0.2) is 73.3 Å². The Kier molecular flexibility index (Phi) is 5.25. The summed E-state index contributed by atoms with van der Waals surface area (Å²) in [5.74, 6) is 0. The van der Waals surface area contributed by atoms with Gasteiger partial charge in [0.2, 0.25) is 0 Å². The topological polar surface area (TPSA) is 73.9 Å². The normalized spacial score (nSPS) is 24.3. The first-order valence-electron chi connectivity index (χ1n) is 8.79. The van der Waals surface area contributed by atoms with Gasteiger partial charge in [-0.2, -0.15) is 0 Å². The molecule has 3 rings (SSSR count). The van der Waals surface area contributed by atoms with Crippen LogP contribution >= 0.6 is 0 Å². The molecule has 3 amide bonds. The van der Waals surface area contributed by atoms with E-state index in [1.165, 1.54) is 20.0 Å². The van der Waals surface area contributed by atoms with Gasteiger partial charge in [0.25, 0.3) is 0 Å². The van der Waals surface area contributed by atoms with Gasteiger partial charge in [0.15, 0.2) is 0 Å². The van der Waals surface area contributed by atoms with Crippen LogP contribution in [0, 0.1) is 0 Å². The minimum Gasteiger partial charge on any atom is -0.453 e. The summed E-state index contributed by atoms with van der Waals surface area (Å²) < 4.78 is 4.72. The van der Waals surface area contributed by atoms with Crippen LogP contribution in [0.4, 0.5) is 9.59 Å². The van der Waals surface area contributed by atoms with E-state index in [0.29, 0.717) is 19.1 Å². The molecule has 1 saturated carbocycles. The second-order valence-electron chi connectivity index (χ2n) is 6.89. The van der Waals surface area contributed by atoms with Gasteiger partial charge in [-0.15, -0.1) is 0 Å². The largest absolute Gasteiger partial charge is 0.453 e. The van der Waals surface area contributed by atoms with Gasteiger partial charge in [-0.1, -0.05) is 0 Å². The van der Waals surface area contributed by atoms with Crippen LogP contribution < -0.4 is 10.6 Å². The molecule has 1 aliphatic carbocycles. The average molecular weight is 324 g/mol. The number of carbonyl (C=O) groups excluding carboxylic acids is 2. The summed E-state index contributed by atoms with van der Waals surface area (Å²) in [7, 11) is 1.40. The Labute approximate surface area is 137 Å². The highest BCUT2D eigenvalue weighted by Gasteiger charge is 2.32.